The summed E-state index contributed by atoms with van der Waals surface area (Å²) in [6, 6.07) is 0. The van der Waals surface area contributed by atoms with Crippen LogP contribution in [0.4, 0.5) is 5.13 Å². The molecular weight excluding hydrogens is 244 g/mol. The fourth-order valence-electron chi connectivity index (χ4n) is 1.22. The van der Waals surface area contributed by atoms with Crippen molar-refractivity contribution in [1.29, 1.82) is 0 Å². The number of methoxy groups -OCH3 is 1. The number of aryl methyl sites for hydroxylation is 2. The van der Waals surface area contributed by atoms with E-state index in [2.05, 4.69) is 15.0 Å². The maximum Gasteiger partial charge on any atom is 0.303 e. The summed E-state index contributed by atoms with van der Waals surface area (Å²) in [4.78, 5) is 26.7. The summed E-state index contributed by atoms with van der Waals surface area (Å²) in [7, 11) is 1.44. The van der Waals surface area contributed by atoms with Crippen LogP contribution < -0.4 is 5.32 Å². The number of carboxylic acids is 1. The standard InChI is InChI=1S/C10H14N2O4S/c1-6-7(3-4-9(14)15)17-10(11-6)12-8(13)5-16-2/h3-5H2,1-2H3,(H,14,15)(H,11,12,13). The number of nitrogens with zero attached hydrogens (tertiary/aromatic N) is 1. The molecule has 17 heavy (non-hydrogen) atoms. The van der Waals surface area contributed by atoms with Crippen molar-refractivity contribution in [2.45, 2.75) is 19.8 Å². The Morgan fingerprint density at radius 2 is 2.24 bits per heavy atom. The second kappa shape index (κ2) is 6.31. The summed E-state index contributed by atoms with van der Waals surface area (Å²) in [6.45, 7) is 1.77. The van der Waals surface area contributed by atoms with E-state index in [0.717, 1.165) is 10.6 Å². The zero-order chi connectivity index (χ0) is 12.8. The lowest BCUT2D eigenvalue weighted by Crippen LogP contribution is -2.16. The Labute approximate surface area is 103 Å². The monoisotopic (exact) mass is 258 g/mol. The Hall–Kier alpha value is -1.47. The van der Waals surface area contributed by atoms with Gasteiger partial charge in [-0.05, 0) is 13.3 Å². The molecular formula is C10H14N2O4S. The van der Waals surface area contributed by atoms with Crippen LogP contribution in [0, 0.1) is 6.92 Å². The van der Waals surface area contributed by atoms with Gasteiger partial charge in [0.15, 0.2) is 5.13 Å². The highest BCUT2D eigenvalue weighted by Crippen LogP contribution is 2.23. The molecule has 1 aromatic heterocycles. The highest BCUT2D eigenvalue weighted by molar-refractivity contribution is 7.15. The molecule has 1 heterocycles. The van der Waals surface area contributed by atoms with Crippen LogP contribution >= 0.6 is 11.3 Å². The number of hydrogen-bond acceptors (Lipinski definition) is 5. The van der Waals surface area contributed by atoms with Crippen LogP contribution in [0.25, 0.3) is 0 Å². The van der Waals surface area contributed by atoms with Crippen LogP contribution in [-0.4, -0.2) is 35.7 Å². The van der Waals surface area contributed by atoms with Gasteiger partial charge in [0.05, 0.1) is 12.1 Å². The molecule has 0 aliphatic heterocycles. The second-order valence-electron chi connectivity index (χ2n) is 3.40. The number of carboxylic acid groups (broad SMARTS) is 1. The minimum absolute atomic E-state index is 0.0247. The topological polar surface area (TPSA) is 88.5 Å². The zero-order valence-electron chi connectivity index (χ0n) is 9.65. The zero-order valence-corrected chi connectivity index (χ0v) is 10.5. The number of rotatable bonds is 6. The van der Waals surface area contributed by atoms with Crippen LogP contribution in [0.3, 0.4) is 0 Å². The van der Waals surface area contributed by atoms with Crippen LogP contribution in [-0.2, 0) is 20.7 Å². The minimum atomic E-state index is -0.845. The van der Waals surface area contributed by atoms with Crippen LogP contribution in [0.1, 0.15) is 17.0 Å². The Morgan fingerprint density at radius 1 is 1.53 bits per heavy atom. The first-order chi connectivity index (χ1) is 8.02. The average molecular weight is 258 g/mol. The summed E-state index contributed by atoms with van der Waals surface area (Å²) in [6.07, 6.45) is 0.494. The number of carbonyl (C=O) groups is 2. The third-order valence-electron chi connectivity index (χ3n) is 1.98. The fourth-order valence-corrected chi connectivity index (χ4v) is 2.20. The first kappa shape index (κ1) is 13.6. The van der Waals surface area contributed by atoms with Gasteiger partial charge in [-0.25, -0.2) is 4.98 Å². The van der Waals surface area contributed by atoms with Crippen LogP contribution in [0.5, 0.6) is 0 Å². The molecule has 0 radical (unpaired) electrons. The summed E-state index contributed by atoms with van der Waals surface area (Å²) in [5.41, 5.74) is 0.754. The van der Waals surface area contributed by atoms with Gasteiger partial charge in [0.25, 0.3) is 5.91 Å². The van der Waals surface area contributed by atoms with Gasteiger partial charge in [0.2, 0.25) is 0 Å². The number of carbonyl (C=O) groups excluding carboxylic acids is 1. The number of hydrogen-bond donors (Lipinski definition) is 2. The van der Waals surface area contributed by atoms with Gasteiger partial charge in [-0.1, -0.05) is 0 Å². The number of ether oxygens (including phenoxy) is 1. The van der Waals surface area contributed by atoms with E-state index < -0.39 is 5.97 Å². The highest BCUT2D eigenvalue weighted by atomic mass is 32.1. The SMILES string of the molecule is COCC(=O)Nc1nc(C)c(CCC(=O)O)s1. The van der Waals surface area contributed by atoms with Crippen LogP contribution in [0.15, 0.2) is 0 Å². The van der Waals surface area contributed by atoms with Gasteiger partial charge in [-0.3, -0.25) is 14.9 Å². The number of anilines is 1. The van der Waals surface area contributed by atoms with E-state index >= 15 is 0 Å². The number of nitrogens with one attached hydrogen (secondary N) is 1. The average Bonchev–Trinajstić information content (AvgIpc) is 2.56. The van der Waals surface area contributed by atoms with Crippen molar-refractivity contribution in [3.05, 3.63) is 10.6 Å². The molecule has 0 spiro atoms. The maximum atomic E-state index is 11.2. The summed E-state index contributed by atoms with van der Waals surface area (Å²) >= 11 is 1.29. The molecule has 0 aromatic carbocycles. The molecule has 6 nitrogen and oxygen atoms in total. The molecule has 1 amide bonds. The van der Waals surface area contributed by atoms with E-state index in [9.17, 15) is 9.59 Å². The molecule has 7 heteroatoms. The predicted octanol–water partition coefficient (Wildman–Crippen LogP) is 1.05. The van der Waals surface area contributed by atoms with Crippen LogP contribution in [0.2, 0.25) is 0 Å². The molecule has 0 saturated heterocycles. The molecule has 2 N–H and O–H groups in total. The Bertz CT molecular complexity index is 416. The lowest BCUT2D eigenvalue weighted by Gasteiger charge is -1.98. The molecule has 0 aliphatic rings. The van der Waals surface area contributed by atoms with Crippen molar-refractivity contribution in [2.24, 2.45) is 0 Å². The first-order valence-corrected chi connectivity index (χ1v) is 5.81. The largest absolute Gasteiger partial charge is 0.481 e. The third-order valence-corrected chi connectivity index (χ3v) is 3.11. The van der Waals surface area contributed by atoms with Gasteiger partial charge < -0.3 is 9.84 Å². The number of thiazole rings is 1. The van der Waals surface area contributed by atoms with E-state index in [1.54, 1.807) is 6.92 Å². The summed E-state index contributed by atoms with van der Waals surface area (Å²) in [5.74, 6) is -1.12. The highest BCUT2D eigenvalue weighted by Gasteiger charge is 2.11. The smallest absolute Gasteiger partial charge is 0.303 e. The minimum Gasteiger partial charge on any atom is -0.481 e. The molecule has 1 rings (SSSR count). The van der Waals surface area contributed by atoms with Crippen molar-refractivity contribution in [3.63, 3.8) is 0 Å². The van der Waals surface area contributed by atoms with Crippen molar-refractivity contribution in [1.82, 2.24) is 4.98 Å². The second-order valence-corrected chi connectivity index (χ2v) is 4.49. The first-order valence-electron chi connectivity index (χ1n) is 4.99. The van der Waals surface area contributed by atoms with E-state index in [0.29, 0.717) is 11.6 Å². The van der Waals surface area contributed by atoms with Gasteiger partial charge in [0.1, 0.15) is 6.61 Å². The number of aromatic nitrogens is 1. The Balaban J connectivity index is 2.61. The third kappa shape index (κ3) is 4.49. The van der Waals surface area contributed by atoms with Crippen molar-refractivity contribution < 1.29 is 19.4 Å². The summed E-state index contributed by atoms with van der Waals surface area (Å²) < 4.78 is 4.68. The molecule has 0 bridgehead atoms. The van der Waals surface area contributed by atoms with Crippen molar-refractivity contribution in [2.75, 3.05) is 19.0 Å². The Morgan fingerprint density at radius 3 is 2.82 bits per heavy atom. The van der Waals surface area contributed by atoms with Gasteiger partial charge in [0, 0.05) is 12.0 Å². The predicted molar refractivity (Wildman–Crippen MR) is 63.3 cm³/mol. The number of amides is 1. The van der Waals surface area contributed by atoms with E-state index in [4.69, 9.17) is 5.11 Å². The lowest BCUT2D eigenvalue weighted by molar-refractivity contribution is -0.137. The van der Waals surface area contributed by atoms with Gasteiger partial charge in [-0.15, -0.1) is 11.3 Å². The summed E-state index contributed by atoms with van der Waals surface area (Å²) in [5, 5.41) is 11.7. The van der Waals surface area contributed by atoms with Gasteiger partial charge in [-0.2, -0.15) is 0 Å². The molecule has 0 fully saturated rings. The van der Waals surface area contributed by atoms with E-state index in [-0.39, 0.29) is 18.9 Å². The Kier molecular flexibility index (Phi) is 5.05. The molecule has 0 saturated carbocycles. The normalized spacial score (nSPS) is 10.2. The molecule has 0 aliphatic carbocycles. The lowest BCUT2D eigenvalue weighted by atomic mass is 10.2. The molecule has 94 valence electrons. The fraction of sp³-hybridized carbons (Fsp3) is 0.500. The maximum absolute atomic E-state index is 11.2. The van der Waals surface area contributed by atoms with Crippen molar-refractivity contribution in [3.8, 4) is 0 Å². The number of aliphatic carboxylic acids is 1. The van der Waals surface area contributed by atoms with E-state index in [1.807, 2.05) is 0 Å². The molecule has 0 atom stereocenters. The van der Waals surface area contributed by atoms with Crippen molar-refractivity contribution >= 4 is 28.3 Å². The molecule has 1 aromatic rings. The molecule has 0 unspecified atom stereocenters. The van der Waals surface area contributed by atoms with E-state index in [1.165, 1.54) is 18.4 Å². The van der Waals surface area contributed by atoms with Gasteiger partial charge >= 0.3 is 5.97 Å². The quantitative estimate of drug-likeness (QED) is 0.796.